The normalized spacial score (nSPS) is 21.6. The second-order valence-electron chi connectivity index (χ2n) is 2.49. The Balaban J connectivity index is 3.02. The van der Waals surface area contributed by atoms with E-state index in [0.29, 0.717) is 5.23 Å². The van der Waals surface area contributed by atoms with Gasteiger partial charge in [-0.2, -0.15) is 0 Å². The first-order valence-corrected chi connectivity index (χ1v) is 3.49. The molecule has 0 aromatic rings. The molecule has 0 saturated carbocycles. The number of carbonyl (C=O) groups is 2. The predicted molar refractivity (Wildman–Crippen MR) is 37.4 cm³/mol. The molecule has 2 N–H and O–H groups in total. The van der Waals surface area contributed by atoms with Gasteiger partial charge in [0.2, 0.25) is 0 Å². The van der Waals surface area contributed by atoms with Gasteiger partial charge in [0.05, 0.1) is 13.7 Å². The molecule has 0 radical (unpaired) electrons. The van der Waals surface area contributed by atoms with Crippen LogP contribution in [0.2, 0.25) is 0 Å². The van der Waals surface area contributed by atoms with E-state index in [2.05, 4.69) is 4.84 Å². The molecule has 7 heteroatoms. The molecule has 0 amide bonds. The van der Waals surface area contributed by atoms with Crippen molar-refractivity contribution >= 4 is 11.9 Å². The van der Waals surface area contributed by atoms with E-state index in [1.807, 2.05) is 0 Å². The Hall–Kier alpha value is -1.18. The second kappa shape index (κ2) is 3.29. The van der Waals surface area contributed by atoms with Crippen molar-refractivity contribution in [3.05, 3.63) is 0 Å². The first-order chi connectivity index (χ1) is 6.05. The zero-order valence-corrected chi connectivity index (χ0v) is 6.89. The lowest BCUT2D eigenvalue weighted by Gasteiger charge is -2.25. The van der Waals surface area contributed by atoms with Crippen LogP contribution in [0.15, 0.2) is 0 Å². The smallest absolute Gasteiger partial charge is 0.341 e. The highest BCUT2D eigenvalue weighted by Gasteiger charge is 2.57. The third-order valence-corrected chi connectivity index (χ3v) is 1.86. The van der Waals surface area contributed by atoms with Gasteiger partial charge >= 0.3 is 11.9 Å². The fourth-order valence-electron chi connectivity index (χ4n) is 1.15. The van der Waals surface area contributed by atoms with Gasteiger partial charge < -0.3 is 10.2 Å². The lowest BCUT2D eigenvalue weighted by Crippen LogP contribution is -2.55. The summed E-state index contributed by atoms with van der Waals surface area (Å²) < 4.78 is 0. The number of hydroxylamine groups is 2. The Morgan fingerprint density at radius 2 is 2.00 bits per heavy atom. The molecule has 1 heterocycles. The number of rotatable bonds is 3. The summed E-state index contributed by atoms with van der Waals surface area (Å²) in [5.41, 5.74) is -2.12. The van der Waals surface area contributed by atoms with Crippen LogP contribution < -0.4 is 0 Å². The van der Waals surface area contributed by atoms with E-state index in [1.54, 1.807) is 0 Å². The monoisotopic (exact) mass is 191 g/mol. The van der Waals surface area contributed by atoms with Crippen LogP contribution in [0, 0.1) is 0 Å². The number of aliphatic carboxylic acids is 2. The first kappa shape index (κ1) is 9.90. The molecule has 1 aliphatic rings. The van der Waals surface area contributed by atoms with Crippen molar-refractivity contribution in [3.63, 3.8) is 0 Å². The maximum atomic E-state index is 10.8. The second-order valence-corrected chi connectivity index (χ2v) is 2.49. The zero-order chi connectivity index (χ0) is 10.1. The molecule has 0 aromatic heterocycles. The lowest BCUT2D eigenvalue weighted by molar-refractivity contribution is -0.357. The molecule has 0 aliphatic carbocycles. The third kappa shape index (κ3) is 1.26. The van der Waals surface area contributed by atoms with Gasteiger partial charge in [-0.1, -0.05) is 0 Å². The molecule has 13 heavy (non-hydrogen) atoms. The fourth-order valence-corrected chi connectivity index (χ4v) is 1.15. The molecular formula is C6H9NO6. The number of hydrogen-bond donors (Lipinski definition) is 2. The summed E-state index contributed by atoms with van der Waals surface area (Å²) >= 11 is 0. The van der Waals surface area contributed by atoms with Gasteiger partial charge in [-0.15, -0.1) is 0 Å². The molecule has 1 rings (SSSR count). The largest absolute Gasteiger partial charge is 0.479 e. The van der Waals surface area contributed by atoms with Gasteiger partial charge in [-0.25, -0.2) is 9.59 Å². The van der Waals surface area contributed by atoms with Crippen LogP contribution in [0.3, 0.4) is 0 Å². The van der Waals surface area contributed by atoms with Gasteiger partial charge in [-0.05, 0) is 5.23 Å². The van der Waals surface area contributed by atoms with Gasteiger partial charge in [0.25, 0.3) is 5.54 Å². The minimum absolute atomic E-state index is 0.00639. The topological polar surface area (TPSA) is 96.3 Å². The summed E-state index contributed by atoms with van der Waals surface area (Å²) in [7, 11) is 1.14. The molecule has 0 bridgehead atoms. The SMILES string of the molecule is CON1OCCC1(C(=O)O)C(=O)O. The third-order valence-electron chi connectivity index (χ3n) is 1.86. The van der Waals surface area contributed by atoms with Crippen molar-refractivity contribution in [2.24, 2.45) is 0 Å². The van der Waals surface area contributed by atoms with E-state index < -0.39 is 17.5 Å². The van der Waals surface area contributed by atoms with Crippen LogP contribution in [0.1, 0.15) is 6.42 Å². The van der Waals surface area contributed by atoms with Crippen molar-refractivity contribution in [1.82, 2.24) is 5.23 Å². The molecule has 0 aromatic carbocycles. The Morgan fingerprint density at radius 3 is 2.31 bits per heavy atom. The minimum atomic E-state index is -2.12. The molecular weight excluding hydrogens is 182 g/mol. The maximum absolute atomic E-state index is 10.8. The lowest BCUT2D eigenvalue weighted by atomic mass is 9.98. The summed E-state index contributed by atoms with van der Waals surface area (Å²) in [6.07, 6.45) is -0.147. The zero-order valence-electron chi connectivity index (χ0n) is 6.89. The van der Waals surface area contributed by atoms with Crippen LogP contribution in [-0.4, -0.2) is 46.6 Å². The molecule has 1 fully saturated rings. The molecule has 7 nitrogen and oxygen atoms in total. The van der Waals surface area contributed by atoms with E-state index >= 15 is 0 Å². The molecule has 0 spiro atoms. The van der Waals surface area contributed by atoms with Crippen molar-refractivity contribution in [3.8, 4) is 0 Å². The van der Waals surface area contributed by atoms with Gasteiger partial charge in [0.15, 0.2) is 0 Å². The molecule has 74 valence electrons. The summed E-state index contributed by atoms with van der Waals surface area (Å²) in [6.45, 7) is 0.00639. The van der Waals surface area contributed by atoms with E-state index in [0.717, 1.165) is 7.11 Å². The van der Waals surface area contributed by atoms with Crippen LogP contribution in [0.5, 0.6) is 0 Å². The fraction of sp³-hybridized carbons (Fsp3) is 0.667. The van der Waals surface area contributed by atoms with E-state index in [4.69, 9.17) is 15.1 Å². The van der Waals surface area contributed by atoms with E-state index in [-0.39, 0.29) is 13.0 Å². The quantitative estimate of drug-likeness (QED) is 0.557. The molecule has 0 atom stereocenters. The van der Waals surface area contributed by atoms with Crippen LogP contribution >= 0.6 is 0 Å². The highest BCUT2D eigenvalue weighted by molar-refractivity contribution is 6.03. The van der Waals surface area contributed by atoms with Crippen LogP contribution in [0.4, 0.5) is 0 Å². The van der Waals surface area contributed by atoms with Crippen molar-refractivity contribution in [1.29, 1.82) is 0 Å². The van der Waals surface area contributed by atoms with Gasteiger partial charge in [-0.3, -0.25) is 9.68 Å². The van der Waals surface area contributed by atoms with E-state index in [9.17, 15) is 9.59 Å². The average molecular weight is 191 g/mol. The Kier molecular flexibility index (Phi) is 2.50. The van der Waals surface area contributed by atoms with E-state index in [1.165, 1.54) is 0 Å². The minimum Gasteiger partial charge on any atom is -0.479 e. The number of carboxylic acids is 2. The van der Waals surface area contributed by atoms with Crippen molar-refractivity contribution < 1.29 is 29.5 Å². The Labute approximate surface area is 73.4 Å². The highest BCUT2D eigenvalue weighted by atomic mass is 17.0. The molecule has 0 unspecified atom stereocenters. The van der Waals surface area contributed by atoms with Crippen molar-refractivity contribution in [2.45, 2.75) is 12.0 Å². The summed E-state index contributed by atoms with van der Waals surface area (Å²) in [5.74, 6) is -3.00. The molecule has 1 saturated heterocycles. The standard InChI is InChI=1S/C6H9NO6/c1-12-7-6(4(8)9,5(10)11)2-3-13-7/h2-3H2,1H3,(H,8,9)(H,10,11). The highest BCUT2D eigenvalue weighted by Crippen LogP contribution is 2.27. The average Bonchev–Trinajstić information content (AvgIpc) is 2.47. The number of carboxylic acid groups (broad SMARTS) is 2. The first-order valence-electron chi connectivity index (χ1n) is 3.49. The van der Waals surface area contributed by atoms with Gasteiger partial charge in [0, 0.05) is 6.42 Å². The molecule has 1 aliphatic heterocycles. The summed E-state index contributed by atoms with van der Waals surface area (Å²) in [4.78, 5) is 30.7. The van der Waals surface area contributed by atoms with Crippen molar-refractivity contribution in [2.75, 3.05) is 13.7 Å². The van der Waals surface area contributed by atoms with Crippen LogP contribution in [0.25, 0.3) is 0 Å². The number of nitrogens with zero attached hydrogens (tertiary/aromatic N) is 1. The Bertz CT molecular complexity index is 225. The maximum Gasteiger partial charge on any atom is 0.341 e. The predicted octanol–water partition coefficient (Wildman–Crippen LogP) is -0.907. The summed E-state index contributed by atoms with van der Waals surface area (Å²) in [5, 5.41) is 18.0. The Morgan fingerprint density at radius 1 is 1.46 bits per heavy atom. The van der Waals surface area contributed by atoms with Crippen LogP contribution in [-0.2, 0) is 19.3 Å². The van der Waals surface area contributed by atoms with Gasteiger partial charge in [0.1, 0.15) is 0 Å². The number of hydrogen-bond acceptors (Lipinski definition) is 5. The summed E-state index contributed by atoms with van der Waals surface area (Å²) in [6, 6.07) is 0.